The zero-order chi connectivity index (χ0) is 31.5. The summed E-state index contributed by atoms with van der Waals surface area (Å²) in [6, 6.07) is 45.9. The molecular formula is C42H37N3O. The molecule has 8 rings (SSSR count). The highest BCUT2D eigenvalue weighted by molar-refractivity contribution is 6.21. The van der Waals surface area contributed by atoms with Crippen LogP contribution < -0.4 is 4.90 Å². The van der Waals surface area contributed by atoms with E-state index in [0.29, 0.717) is 6.61 Å². The molecule has 6 aromatic rings. The third kappa shape index (κ3) is 4.43. The van der Waals surface area contributed by atoms with Crippen LogP contribution >= 0.6 is 0 Å². The quantitative estimate of drug-likeness (QED) is 0.185. The number of para-hydroxylation sites is 1. The fourth-order valence-electron chi connectivity index (χ4n) is 7.03. The average molecular weight is 600 g/mol. The highest BCUT2D eigenvalue weighted by atomic mass is 16.5. The Morgan fingerprint density at radius 1 is 0.543 bits per heavy atom. The van der Waals surface area contributed by atoms with Crippen LogP contribution in [0.4, 0.5) is 5.69 Å². The van der Waals surface area contributed by atoms with Crippen molar-refractivity contribution in [2.75, 3.05) is 18.1 Å². The molecule has 4 heteroatoms. The number of hydrogen-bond donors (Lipinski definition) is 0. The molecule has 0 spiro atoms. The van der Waals surface area contributed by atoms with Crippen molar-refractivity contribution in [3.05, 3.63) is 139 Å². The molecule has 0 saturated carbocycles. The smallest absolute Gasteiger partial charge is 0.216 e. The van der Waals surface area contributed by atoms with E-state index < -0.39 is 0 Å². The van der Waals surface area contributed by atoms with Gasteiger partial charge in [0.2, 0.25) is 5.90 Å². The summed E-state index contributed by atoms with van der Waals surface area (Å²) in [7, 11) is 0. The van der Waals surface area contributed by atoms with Gasteiger partial charge in [-0.3, -0.25) is 4.99 Å². The normalized spacial score (nSPS) is 16.8. The van der Waals surface area contributed by atoms with Crippen LogP contribution in [0.15, 0.2) is 137 Å². The van der Waals surface area contributed by atoms with Crippen LogP contribution in [0.1, 0.15) is 38.8 Å². The highest BCUT2D eigenvalue weighted by Crippen LogP contribution is 2.45. The zero-order valence-corrected chi connectivity index (χ0v) is 26.8. The molecule has 0 amide bonds. The van der Waals surface area contributed by atoms with E-state index in [2.05, 4.69) is 165 Å². The number of rotatable bonds is 5. The lowest BCUT2D eigenvalue weighted by Gasteiger charge is -2.41. The van der Waals surface area contributed by atoms with Crippen LogP contribution in [-0.4, -0.2) is 36.0 Å². The molecule has 0 aliphatic carbocycles. The molecule has 46 heavy (non-hydrogen) atoms. The second-order valence-corrected chi connectivity index (χ2v) is 13.3. The Morgan fingerprint density at radius 3 is 1.48 bits per heavy atom. The lowest BCUT2D eigenvalue weighted by Crippen LogP contribution is -2.53. The first-order valence-corrected chi connectivity index (χ1v) is 16.1. The van der Waals surface area contributed by atoms with Gasteiger partial charge in [-0.15, -0.1) is 0 Å². The van der Waals surface area contributed by atoms with Gasteiger partial charge in [-0.25, -0.2) is 4.99 Å². The number of nitrogens with zero attached hydrogens (tertiary/aromatic N) is 3. The Bertz CT molecular complexity index is 2100. The fourth-order valence-corrected chi connectivity index (χ4v) is 7.03. The van der Waals surface area contributed by atoms with Gasteiger partial charge < -0.3 is 9.64 Å². The van der Waals surface area contributed by atoms with Gasteiger partial charge >= 0.3 is 0 Å². The summed E-state index contributed by atoms with van der Waals surface area (Å²) in [6.07, 6.45) is 0. The van der Waals surface area contributed by atoms with Crippen molar-refractivity contribution >= 4 is 39.0 Å². The topological polar surface area (TPSA) is 37.2 Å². The summed E-state index contributed by atoms with van der Waals surface area (Å²) in [6.45, 7) is 10.4. The van der Waals surface area contributed by atoms with Gasteiger partial charge in [-0.05, 0) is 95.8 Å². The van der Waals surface area contributed by atoms with E-state index in [0.717, 1.165) is 35.1 Å². The van der Waals surface area contributed by atoms with Crippen molar-refractivity contribution < 1.29 is 4.74 Å². The number of fused-ring (bicyclic) bond motifs is 2. The SMILES string of the molecule is CC1(C)N=C(c2ccc(-c3c4ccccc4c(-c4ccc(C5=NCCO5)cc4)c4ccccc34)cc2)N(c2ccccc2)C1(C)C. The maximum Gasteiger partial charge on any atom is 0.216 e. The first-order chi connectivity index (χ1) is 22.3. The van der Waals surface area contributed by atoms with Gasteiger partial charge in [-0.2, -0.15) is 0 Å². The number of ether oxygens (including phenoxy) is 1. The van der Waals surface area contributed by atoms with Gasteiger partial charge in [0.1, 0.15) is 12.4 Å². The number of aliphatic imine (C=N–C) groups is 2. The number of anilines is 1. The second kappa shape index (κ2) is 10.7. The molecule has 4 nitrogen and oxygen atoms in total. The summed E-state index contributed by atoms with van der Waals surface area (Å²) < 4.78 is 5.72. The number of amidine groups is 1. The third-order valence-electron chi connectivity index (χ3n) is 10.0. The monoisotopic (exact) mass is 599 g/mol. The summed E-state index contributed by atoms with van der Waals surface area (Å²) in [5, 5.41) is 4.95. The number of benzene rings is 6. The standard InChI is InChI=1S/C42H37N3O/c1-41(2)42(3,4)45(32-12-6-5-7-13-32)39(44-41)30-22-18-28(19-23-30)37-33-14-8-10-16-35(33)38(36-17-11-9-15-34(36)37)29-20-24-31(25-21-29)40-43-26-27-46-40/h5-25H,26-27H2,1-4H3. The molecule has 0 unspecified atom stereocenters. The second-order valence-electron chi connectivity index (χ2n) is 13.3. The Balaban J connectivity index is 1.26. The molecule has 0 N–H and O–H groups in total. The van der Waals surface area contributed by atoms with Crippen molar-refractivity contribution in [3.63, 3.8) is 0 Å². The van der Waals surface area contributed by atoms with Gasteiger partial charge in [0, 0.05) is 16.8 Å². The van der Waals surface area contributed by atoms with E-state index in [1.165, 1.54) is 43.8 Å². The summed E-state index contributed by atoms with van der Waals surface area (Å²) >= 11 is 0. The minimum atomic E-state index is -0.255. The van der Waals surface area contributed by atoms with Gasteiger partial charge in [0.15, 0.2) is 0 Å². The van der Waals surface area contributed by atoms with E-state index in [4.69, 9.17) is 9.73 Å². The molecule has 0 aromatic heterocycles. The van der Waals surface area contributed by atoms with Crippen LogP contribution in [0.3, 0.4) is 0 Å². The summed E-state index contributed by atoms with van der Waals surface area (Å²) in [4.78, 5) is 12.2. The van der Waals surface area contributed by atoms with E-state index in [-0.39, 0.29) is 11.1 Å². The zero-order valence-electron chi connectivity index (χ0n) is 26.8. The van der Waals surface area contributed by atoms with E-state index in [1.807, 2.05) is 0 Å². The summed E-state index contributed by atoms with van der Waals surface area (Å²) in [5.74, 6) is 1.75. The Kier molecular flexibility index (Phi) is 6.57. The van der Waals surface area contributed by atoms with Crippen LogP contribution in [-0.2, 0) is 4.74 Å². The third-order valence-corrected chi connectivity index (χ3v) is 10.0. The molecule has 2 aliphatic rings. The molecule has 0 radical (unpaired) electrons. The molecule has 0 bridgehead atoms. The molecule has 226 valence electrons. The van der Waals surface area contributed by atoms with E-state index in [9.17, 15) is 0 Å². The predicted octanol–water partition coefficient (Wildman–Crippen LogP) is 9.93. The molecule has 0 atom stereocenters. The highest BCUT2D eigenvalue weighted by Gasteiger charge is 2.49. The number of hydrogen-bond acceptors (Lipinski definition) is 4. The predicted molar refractivity (Wildman–Crippen MR) is 193 cm³/mol. The maximum absolute atomic E-state index is 5.72. The van der Waals surface area contributed by atoms with E-state index in [1.54, 1.807) is 0 Å². The molecule has 2 heterocycles. The van der Waals surface area contributed by atoms with Crippen LogP contribution in [0.2, 0.25) is 0 Å². The van der Waals surface area contributed by atoms with Crippen LogP contribution in [0, 0.1) is 0 Å². The average Bonchev–Trinajstić information content (AvgIpc) is 3.69. The molecule has 0 fully saturated rings. The van der Waals surface area contributed by atoms with Crippen LogP contribution in [0.5, 0.6) is 0 Å². The van der Waals surface area contributed by atoms with Gasteiger partial charge in [0.25, 0.3) is 0 Å². The van der Waals surface area contributed by atoms with Crippen molar-refractivity contribution in [1.82, 2.24) is 0 Å². The minimum absolute atomic E-state index is 0.194. The largest absolute Gasteiger partial charge is 0.476 e. The molecule has 6 aromatic carbocycles. The Labute approximate surface area is 270 Å². The molecule has 0 saturated heterocycles. The van der Waals surface area contributed by atoms with Gasteiger partial charge in [0.05, 0.1) is 17.6 Å². The van der Waals surface area contributed by atoms with Crippen molar-refractivity contribution in [2.45, 2.75) is 38.8 Å². The van der Waals surface area contributed by atoms with Crippen LogP contribution in [0.25, 0.3) is 43.8 Å². The fraction of sp³-hybridized carbons (Fsp3) is 0.190. The van der Waals surface area contributed by atoms with E-state index >= 15 is 0 Å². The lowest BCUT2D eigenvalue weighted by molar-refractivity contribution is 0.338. The Hall–Kier alpha value is -5.22. The summed E-state index contributed by atoms with van der Waals surface area (Å²) in [5.41, 5.74) is 7.72. The lowest BCUT2D eigenvalue weighted by atomic mass is 9.83. The Morgan fingerprint density at radius 2 is 1.00 bits per heavy atom. The van der Waals surface area contributed by atoms with Crippen molar-refractivity contribution in [1.29, 1.82) is 0 Å². The molecular weight excluding hydrogens is 562 g/mol. The van der Waals surface area contributed by atoms with Gasteiger partial charge in [-0.1, -0.05) is 103 Å². The van der Waals surface area contributed by atoms with Crippen molar-refractivity contribution in [2.24, 2.45) is 9.98 Å². The van der Waals surface area contributed by atoms with Crippen molar-refractivity contribution in [3.8, 4) is 22.3 Å². The molecule has 2 aliphatic heterocycles. The first kappa shape index (κ1) is 28.3. The first-order valence-electron chi connectivity index (χ1n) is 16.1. The minimum Gasteiger partial charge on any atom is -0.476 e. The maximum atomic E-state index is 5.72.